The van der Waals surface area contributed by atoms with E-state index >= 15 is 0 Å². The fourth-order valence-electron chi connectivity index (χ4n) is 2.37. The van der Waals surface area contributed by atoms with Gasteiger partial charge < -0.3 is 19.1 Å². The second kappa shape index (κ2) is 11.4. The zero-order valence-electron chi connectivity index (χ0n) is 15.1. The Morgan fingerprint density at radius 2 is 2.00 bits per heavy atom. The van der Waals surface area contributed by atoms with Crippen LogP contribution in [0.3, 0.4) is 0 Å². The topological polar surface area (TPSA) is 54.8 Å². The van der Waals surface area contributed by atoms with Gasteiger partial charge in [0.25, 0.3) is 5.91 Å². The van der Waals surface area contributed by atoms with Gasteiger partial charge >= 0.3 is 0 Å². The second-order valence-electron chi connectivity index (χ2n) is 5.83. The van der Waals surface area contributed by atoms with Crippen molar-refractivity contribution in [2.24, 2.45) is 7.05 Å². The Morgan fingerprint density at radius 1 is 1.28 bits per heavy atom. The van der Waals surface area contributed by atoms with E-state index in [1.165, 1.54) is 4.90 Å². The summed E-state index contributed by atoms with van der Waals surface area (Å²) in [6.07, 6.45) is 3.62. The number of halogens is 2. The number of methoxy groups -OCH3 is 1. The summed E-state index contributed by atoms with van der Waals surface area (Å²) >= 11 is 11.4. The molecule has 0 atom stereocenters. The summed E-state index contributed by atoms with van der Waals surface area (Å²) in [5.41, 5.74) is 1.00. The number of nitrogens with zero attached hydrogens (tertiary/aromatic N) is 3. The van der Waals surface area contributed by atoms with Crippen LogP contribution in [0.5, 0.6) is 0 Å². The summed E-state index contributed by atoms with van der Waals surface area (Å²) in [5.74, 6) is -0.590. The van der Waals surface area contributed by atoms with Gasteiger partial charge in [-0.2, -0.15) is 0 Å². The van der Waals surface area contributed by atoms with Crippen molar-refractivity contribution in [2.45, 2.75) is 31.1 Å². The third kappa shape index (κ3) is 7.26. The number of aryl methyl sites for hydroxylation is 1. The second-order valence-corrected chi connectivity index (χ2v) is 6.93. The Labute approximate surface area is 159 Å². The van der Waals surface area contributed by atoms with Crippen LogP contribution in [0.1, 0.15) is 25.5 Å². The van der Waals surface area contributed by atoms with Crippen LogP contribution < -0.4 is 0 Å². The molecule has 0 spiro atoms. The number of amides is 2. The van der Waals surface area contributed by atoms with Gasteiger partial charge in [0.1, 0.15) is 0 Å². The zero-order valence-corrected chi connectivity index (χ0v) is 16.6. The van der Waals surface area contributed by atoms with Crippen LogP contribution in [0.2, 0.25) is 0 Å². The van der Waals surface area contributed by atoms with Gasteiger partial charge in [-0.25, -0.2) is 0 Å². The van der Waals surface area contributed by atoms with Gasteiger partial charge in [-0.15, -0.1) is 0 Å². The van der Waals surface area contributed by atoms with Gasteiger partial charge in [-0.3, -0.25) is 9.59 Å². The molecular formula is C17H27Cl2N3O3. The fraction of sp³-hybridized carbons (Fsp3) is 0.647. The molecule has 0 bridgehead atoms. The molecule has 8 heteroatoms. The van der Waals surface area contributed by atoms with Gasteiger partial charge in [0.15, 0.2) is 4.84 Å². The van der Waals surface area contributed by atoms with Crippen molar-refractivity contribution in [2.75, 3.05) is 33.4 Å². The molecular weight excluding hydrogens is 365 g/mol. The average molecular weight is 392 g/mol. The lowest BCUT2D eigenvalue weighted by Crippen LogP contribution is -2.45. The normalized spacial score (nSPS) is 11.0. The summed E-state index contributed by atoms with van der Waals surface area (Å²) in [6.45, 7) is 3.76. The minimum atomic E-state index is -1.16. The number of hydrogen-bond acceptors (Lipinski definition) is 3. The Hall–Kier alpha value is -1.24. The highest BCUT2D eigenvalue weighted by Gasteiger charge is 2.25. The number of aromatic nitrogens is 1. The van der Waals surface area contributed by atoms with Crippen molar-refractivity contribution >= 4 is 35.0 Å². The maximum atomic E-state index is 12.8. The first-order valence-electron chi connectivity index (χ1n) is 8.34. The first-order chi connectivity index (χ1) is 11.9. The molecule has 1 aromatic heterocycles. The molecule has 0 aliphatic rings. The monoisotopic (exact) mass is 391 g/mol. The first-order valence-corrected chi connectivity index (χ1v) is 9.21. The molecule has 142 valence electrons. The highest BCUT2D eigenvalue weighted by molar-refractivity contribution is 6.53. The first kappa shape index (κ1) is 21.8. The molecule has 0 aromatic carbocycles. The summed E-state index contributed by atoms with van der Waals surface area (Å²) in [6, 6.07) is 3.89. The Balaban J connectivity index is 2.82. The number of ether oxygens (including phenoxy) is 1. The lowest BCUT2D eigenvalue weighted by molar-refractivity contribution is -0.140. The van der Waals surface area contributed by atoms with Crippen LogP contribution >= 0.6 is 23.2 Å². The maximum absolute atomic E-state index is 12.8. The van der Waals surface area contributed by atoms with Crippen molar-refractivity contribution in [1.29, 1.82) is 0 Å². The molecule has 0 saturated carbocycles. The van der Waals surface area contributed by atoms with Crippen molar-refractivity contribution in [1.82, 2.24) is 14.4 Å². The van der Waals surface area contributed by atoms with Crippen molar-refractivity contribution in [3.8, 4) is 0 Å². The highest BCUT2D eigenvalue weighted by atomic mass is 35.5. The standard InChI is InChI=1S/C17H27Cl2N3O3/c1-4-5-9-22(17(24)16(18)19)13-15(23)21(10-11-25-3)12-14-7-6-8-20(14)2/h6-8,16H,4-5,9-13H2,1-3H3. The highest BCUT2D eigenvalue weighted by Crippen LogP contribution is 2.11. The van der Waals surface area contributed by atoms with E-state index in [-0.39, 0.29) is 12.5 Å². The number of rotatable bonds is 11. The molecule has 0 saturated heterocycles. The predicted octanol–water partition coefficient (Wildman–Crippen LogP) is 2.43. The Morgan fingerprint density at radius 3 is 2.52 bits per heavy atom. The third-order valence-corrected chi connectivity index (χ3v) is 4.30. The van der Waals surface area contributed by atoms with E-state index < -0.39 is 10.7 Å². The molecule has 1 heterocycles. The van der Waals surface area contributed by atoms with E-state index in [4.69, 9.17) is 27.9 Å². The predicted molar refractivity (Wildman–Crippen MR) is 99.7 cm³/mol. The molecule has 1 rings (SSSR count). The van der Waals surface area contributed by atoms with E-state index in [0.29, 0.717) is 26.2 Å². The SMILES string of the molecule is CCCCN(CC(=O)N(CCOC)Cc1cccn1C)C(=O)C(Cl)Cl. The number of carbonyl (C=O) groups excluding carboxylic acids is 2. The van der Waals surface area contributed by atoms with Crippen molar-refractivity contribution in [3.63, 3.8) is 0 Å². The average Bonchev–Trinajstić information content (AvgIpc) is 2.99. The number of alkyl halides is 2. The van der Waals surface area contributed by atoms with Crippen molar-refractivity contribution < 1.29 is 14.3 Å². The van der Waals surface area contributed by atoms with Crippen LogP contribution in [0.15, 0.2) is 18.3 Å². The lowest BCUT2D eigenvalue weighted by atomic mass is 10.3. The molecule has 2 amide bonds. The van der Waals surface area contributed by atoms with Crippen LogP contribution in [-0.2, 0) is 27.9 Å². The lowest BCUT2D eigenvalue weighted by Gasteiger charge is -2.28. The smallest absolute Gasteiger partial charge is 0.256 e. The molecule has 1 aromatic rings. The molecule has 0 radical (unpaired) electrons. The number of unbranched alkanes of at least 4 members (excludes halogenated alkanes) is 1. The molecule has 25 heavy (non-hydrogen) atoms. The number of carbonyl (C=O) groups is 2. The van der Waals surface area contributed by atoms with Gasteiger partial charge in [0, 0.05) is 39.1 Å². The maximum Gasteiger partial charge on any atom is 0.256 e. The summed E-state index contributed by atoms with van der Waals surface area (Å²) < 4.78 is 7.06. The van der Waals surface area contributed by atoms with Crippen LogP contribution in [0, 0.1) is 0 Å². The third-order valence-electron chi connectivity index (χ3n) is 3.93. The van der Waals surface area contributed by atoms with Gasteiger partial charge in [-0.1, -0.05) is 36.5 Å². The van der Waals surface area contributed by atoms with E-state index in [0.717, 1.165) is 18.5 Å². The fourth-order valence-corrected chi connectivity index (χ4v) is 2.64. The number of hydrogen-bond donors (Lipinski definition) is 0. The molecule has 0 unspecified atom stereocenters. The molecule has 0 aliphatic heterocycles. The van der Waals surface area contributed by atoms with E-state index in [1.807, 2.05) is 36.9 Å². The van der Waals surface area contributed by atoms with Crippen LogP contribution in [-0.4, -0.2) is 64.4 Å². The van der Waals surface area contributed by atoms with E-state index in [9.17, 15) is 9.59 Å². The van der Waals surface area contributed by atoms with Crippen LogP contribution in [0.4, 0.5) is 0 Å². The largest absolute Gasteiger partial charge is 0.383 e. The van der Waals surface area contributed by atoms with E-state index in [2.05, 4.69) is 0 Å². The Bertz CT molecular complexity index is 549. The molecule has 0 fully saturated rings. The summed E-state index contributed by atoms with van der Waals surface area (Å²) in [4.78, 5) is 26.9. The van der Waals surface area contributed by atoms with Crippen molar-refractivity contribution in [3.05, 3.63) is 24.0 Å². The van der Waals surface area contributed by atoms with Gasteiger partial charge in [-0.05, 0) is 18.6 Å². The molecule has 0 N–H and O–H groups in total. The molecule has 6 nitrogen and oxygen atoms in total. The Kier molecular flexibility index (Phi) is 9.93. The quantitative estimate of drug-likeness (QED) is 0.544. The van der Waals surface area contributed by atoms with Gasteiger partial charge in [0.05, 0.1) is 19.7 Å². The van der Waals surface area contributed by atoms with E-state index in [1.54, 1.807) is 12.0 Å². The molecule has 0 aliphatic carbocycles. The minimum absolute atomic E-state index is 0.0388. The van der Waals surface area contributed by atoms with Crippen LogP contribution in [0.25, 0.3) is 0 Å². The summed E-state index contributed by atoms with van der Waals surface area (Å²) in [5, 5.41) is 0. The zero-order chi connectivity index (χ0) is 18.8. The summed E-state index contributed by atoms with van der Waals surface area (Å²) in [7, 11) is 3.52. The van der Waals surface area contributed by atoms with Gasteiger partial charge in [0.2, 0.25) is 5.91 Å². The minimum Gasteiger partial charge on any atom is -0.383 e.